The van der Waals surface area contributed by atoms with Gasteiger partial charge in [-0.05, 0) is 37.3 Å². The molecule has 1 N–H and O–H groups in total. The molecule has 0 unspecified atom stereocenters. The van der Waals surface area contributed by atoms with Crippen molar-refractivity contribution in [2.75, 3.05) is 0 Å². The van der Waals surface area contributed by atoms with Gasteiger partial charge in [0.25, 0.3) is 0 Å². The van der Waals surface area contributed by atoms with Gasteiger partial charge in [-0.3, -0.25) is 0 Å². The topological polar surface area (TPSA) is 20.2 Å². The number of aliphatic hydroxyl groups excluding tert-OH is 1. The highest BCUT2D eigenvalue weighted by molar-refractivity contribution is 5.34. The Morgan fingerprint density at radius 1 is 1.00 bits per heavy atom. The fourth-order valence-corrected chi connectivity index (χ4v) is 1.06. The van der Waals surface area contributed by atoms with Gasteiger partial charge in [-0.25, -0.2) is 0 Å². The van der Waals surface area contributed by atoms with Crippen LogP contribution in [-0.2, 0) is 0 Å². The minimum atomic E-state index is -0.342. The lowest BCUT2D eigenvalue weighted by molar-refractivity contribution is 0.211. The van der Waals surface area contributed by atoms with Crippen molar-refractivity contribution in [3.63, 3.8) is 0 Å². The van der Waals surface area contributed by atoms with Gasteiger partial charge in [-0.15, -0.1) is 0 Å². The van der Waals surface area contributed by atoms with Gasteiger partial charge in [0.15, 0.2) is 0 Å². The largest absolute Gasteiger partial charge is 0.389 e. The van der Waals surface area contributed by atoms with Gasteiger partial charge in [0, 0.05) is 0 Å². The molecule has 0 aromatic rings. The van der Waals surface area contributed by atoms with E-state index in [9.17, 15) is 5.11 Å². The molecule has 1 heteroatoms. The van der Waals surface area contributed by atoms with Gasteiger partial charge in [0.1, 0.15) is 0 Å². The average molecular weight is 240 g/mol. The molecule has 0 saturated heterocycles. The van der Waals surface area contributed by atoms with Crippen molar-refractivity contribution in [3.05, 3.63) is 48.6 Å². The van der Waals surface area contributed by atoms with Gasteiger partial charge >= 0.3 is 0 Å². The summed E-state index contributed by atoms with van der Waals surface area (Å²) in [7, 11) is 0. The van der Waals surface area contributed by atoms with Crippen LogP contribution in [0.4, 0.5) is 0 Å². The van der Waals surface area contributed by atoms with Gasteiger partial charge < -0.3 is 5.11 Å². The fraction of sp³-hybridized carbons (Fsp3) is 0.294. The Labute approximate surface area is 111 Å². The summed E-state index contributed by atoms with van der Waals surface area (Å²) >= 11 is 0. The molecule has 0 bridgehead atoms. The lowest BCUT2D eigenvalue weighted by atomic mass is 10.2. The van der Waals surface area contributed by atoms with E-state index in [1.54, 1.807) is 18.2 Å². The van der Waals surface area contributed by atoms with E-state index in [0.29, 0.717) is 0 Å². The van der Waals surface area contributed by atoms with Crippen molar-refractivity contribution in [3.8, 4) is 23.7 Å². The van der Waals surface area contributed by atoms with E-state index in [1.807, 2.05) is 44.2 Å². The molecule has 1 atom stereocenters. The van der Waals surface area contributed by atoms with E-state index in [2.05, 4.69) is 23.7 Å². The summed E-state index contributed by atoms with van der Waals surface area (Å²) < 4.78 is 0. The smallest absolute Gasteiger partial charge is 0.0723 e. The Morgan fingerprint density at radius 2 is 1.67 bits per heavy atom. The molecule has 0 aromatic carbocycles. The van der Waals surface area contributed by atoms with E-state index >= 15 is 0 Å². The van der Waals surface area contributed by atoms with Crippen LogP contribution in [0.3, 0.4) is 0 Å². The van der Waals surface area contributed by atoms with Crippen molar-refractivity contribution < 1.29 is 5.11 Å². The number of rotatable bonds is 5. The molecular formula is C17H20O. The highest BCUT2D eigenvalue weighted by atomic mass is 16.3. The van der Waals surface area contributed by atoms with Gasteiger partial charge in [-0.2, -0.15) is 0 Å². The zero-order valence-corrected chi connectivity index (χ0v) is 11.1. The first-order valence-electron chi connectivity index (χ1n) is 6.11. The molecule has 1 nitrogen and oxygen atoms in total. The molecule has 0 radical (unpaired) electrons. The van der Waals surface area contributed by atoms with Crippen LogP contribution in [0.2, 0.25) is 0 Å². The van der Waals surface area contributed by atoms with Crippen LogP contribution in [0, 0.1) is 23.7 Å². The summed E-state index contributed by atoms with van der Waals surface area (Å²) in [6.45, 7) is 3.96. The highest BCUT2D eigenvalue weighted by Gasteiger charge is 1.92. The third-order valence-electron chi connectivity index (χ3n) is 1.89. The molecule has 0 aliphatic heterocycles. The SMILES string of the molecule is C/C=C/C#CC#C/C=C/C=C/C=C/[C@H](O)CCC. The van der Waals surface area contributed by atoms with Crippen molar-refractivity contribution >= 4 is 0 Å². The van der Waals surface area contributed by atoms with Crippen LogP contribution in [0.25, 0.3) is 0 Å². The predicted molar refractivity (Wildman–Crippen MR) is 78.7 cm³/mol. The van der Waals surface area contributed by atoms with Crippen molar-refractivity contribution in [1.82, 2.24) is 0 Å². The third kappa shape index (κ3) is 12.1. The molecular weight excluding hydrogens is 220 g/mol. The second kappa shape index (κ2) is 13.1. The molecule has 0 rings (SSSR count). The monoisotopic (exact) mass is 240 g/mol. The summed E-state index contributed by atoms with van der Waals surface area (Å²) in [5.74, 6) is 11.0. The van der Waals surface area contributed by atoms with Crippen LogP contribution in [-0.4, -0.2) is 11.2 Å². The van der Waals surface area contributed by atoms with Crippen LogP contribution >= 0.6 is 0 Å². The fourth-order valence-electron chi connectivity index (χ4n) is 1.06. The average Bonchev–Trinajstić information content (AvgIpc) is 2.36. The maximum Gasteiger partial charge on any atom is 0.0723 e. The number of hydrogen-bond donors (Lipinski definition) is 1. The Bertz CT molecular complexity index is 428. The number of aliphatic hydroxyl groups is 1. The molecule has 0 heterocycles. The van der Waals surface area contributed by atoms with E-state index in [0.717, 1.165) is 12.8 Å². The van der Waals surface area contributed by atoms with Crippen molar-refractivity contribution in [2.24, 2.45) is 0 Å². The number of allylic oxidation sites excluding steroid dienone is 7. The summed E-state index contributed by atoms with van der Waals surface area (Å²) in [5.41, 5.74) is 0. The second-order valence-electron chi connectivity index (χ2n) is 3.52. The quantitative estimate of drug-likeness (QED) is 0.577. The van der Waals surface area contributed by atoms with E-state index in [4.69, 9.17) is 0 Å². The van der Waals surface area contributed by atoms with Crippen LogP contribution < -0.4 is 0 Å². The molecule has 0 aliphatic rings. The van der Waals surface area contributed by atoms with Gasteiger partial charge in [0.2, 0.25) is 0 Å². The Balaban J connectivity index is 3.92. The van der Waals surface area contributed by atoms with Gasteiger partial charge in [0.05, 0.1) is 6.10 Å². The summed E-state index contributed by atoms with van der Waals surface area (Å²) in [4.78, 5) is 0. The summed E-state index contributed by atoms with van der Waals surface area (Å²) in [6.07, 6.45) is 16.0. The minimum absolute atomic E-state index is 0.342. The molecule has 0 amide bonds. The lowest BCUT2D eigenvalue weighted by Crippen LogP contribution is -1.99. The molecule has 0 fully saturated rings. The minimum Gasteiger partial charge on any atom is -0.389 e. The third-order valence-corrected chi connectivity index (χ3v) is 1.89. The second-order valence-corrected chi connectivity index (χ2v) is 3.52. The molecule has 0 saturated carbocycles. The van der Waals surface area contributed by atoms with Crippen molar-refractivity contribution in [2.45, 2.75) is 32.8 Å². The summed E-state index contributed by atoms with van der Waals surface area (Å²) in [5, 5.41) is 9.41. The first-order valence-corrected chi connectivity index (χ1v) is 6.11. The molecule has 0 aliphatic carbocycles. The van der Waals surface area contributed by atoms with Crippen molar-refractivity contribution in [1.29, 1.82) is 0 Å². The van der Waals surface area contributed by atoms with Crippen LogP contribution in [0.5, 0.6) is 0 Å². The Kier molecular flexibility index (Phi) is 11.7. The highest BCUT2D eigenvalue weighted by Crippen LogP contribution is 1.97. The maximum absolute atomic E-state index is 9.41. The van der Waals surface area contributed by atoms with E-state index in [-0.39, 0.29) is 6.10 Å². The maximum atomic E-state index is 9.41. The van der Waals surface area contributed by atoms with E-state index in [1.165, 1.54) is 0 Å². The zero-order chi connectivity index (χ0) is 13.5. The first-order chi connectivity index (χ1) is 8.81. The normalized spacial score (nSPS) is 12.8. The first kappa shape index (κ1) is 16.0. The Hall–Kier alpha value is -1.96. The predicted octanol–water partition coefficient (Wildman–Crippen LogP) is 3.40. The van der Waals surface area contributed by atoms with Gasteiger partial charge in [-0.1, -0.05) is 61.6 Å². The standard InChI is InChI=1S/C17H20O/c1-3-5-6-7-8-9-10-11-12-13-14-16-17(18)15-4-2/h3,5,10-14,16-18H,4,15H2,1-2H3/b5-3+,11-10+,13-12+,16-14+/t17-/m1/s1. The lowest BCUT2D eigenvalue weighted by Gasteiger charge is -1.99. The summed E-state index contributed by atoms with van der Waals surface area (Å²) in [6, 6.07) is 0. The number of hydrogen-bond acceptors (Lipinski definition) is 1. The van der Waals surface area contributed by atoms with Crippen LogP contribution in [0.1, 0.15) is 26.7 Å². The molecule has 94 valence electrons. The Morgan fingerprint density at radius 3 is 2.33 bits per heavy atom. The van der Waals surface area contributed by atoms with E-state index < -0.39 is 0 Å². The molecule has 0 spiro atoms. The zero-order valence-electron chi connectivity index (χ0n) is 11.1. The molecule has 0 aromatic heterocycles. The molecule has 18 heavy (non-hydrogen) atoms. The van der Waals surface area contributed by atoms with Crippen LogP contribution in [0.15, 0.2) is 48.6 Å².